The Morgan fingerprint density at radius 2 is 2.00 bits per heavy atom. The summed E-state index contributed by atoms with van der Waals surface area (Å²) in [7, 11) is 0. The van der Waals surface area contributed by atoms with E-state index < -0.39 is 5.60 Å². The Bertz CT molecular complexity index is 794. The normalized spacial score (nSPS) is 18.0. The van der Waals surface area contributed by atoms with Crippen molar-refractivity contribution < 1.29 is 15.0 Å². The van der Waals surface area contributed by atoms with E-state index in [1.807, 2.05) is 37.3 Å². The highest BCUT2D eigenvalue weighted by molar-refractivity contribution is 9.10. The summed E-state index contributed by atoms with van der Waals surface area (Å²) < 4.78 is 0.938. The van der Waals surface area contributed by atoms with E-state index in [-0.39, 0.29) is 24.4 Å². The van der Waals surface area contributed by atoms with Crippen molar-refractivity contribution in [2.45, 2.75) is 37.8 Å². The molecule has 0 saturated heterocycles. The summed E-state index contributed by atoms with van der Waals surface area (Å²) >= 11 is 3.38. The number of phenols is 1. The number of benzene rings is 2. The van der Waals surface area contributed by atoms with Gasteiger partial charge in [0.15, 0.2) is 0 Å². The second kappa shape index (κ2) is 7.68. The summed E-state index contributed by atoms with van der Waals surface area (Å²) in [6.45, 7) is 2.01. The summed E-state index contributed by atoms with van der Waals surface area (Å²) in [5, 5.41) is 26.5. The molecule has 3 rings (SSSR count). The maximum atomic E-state index is 12.3. The van der Waals surface area contributed by atoms with Gasteiger partial charge in [0.05, 0.1) is 12.6 Å². The molecule has 2 atom stereocenters. The van der Waals surface area contributed by atoms with Gasteiger partial charge < -0.3 is 20.8 Å². The number of nitrogens with one attached hydrogen (secondary N) is 2. The second-order valence-corrected chi connectivity index (χ2v) is 7.57. The van der Waals surface area contributed by atoms with Crippen LogP contribution in [0.3, 0.4) is 0 Å². The predicted molar refractivity (Wildman–Crippen MR) is 104 cm³/mol. The molecule has 0 aromatic heterocycles. The van der Waals surface area contributed by atoms with Crippen molar-refractivity contribution in [1.29, 1.82) is 0 Å². The lowest BCUT2D eigenvalue weighted by atomic mass is 9.91. The first-order chi connectivity index (χ1) is 12.4. The van der Waals surface area contributed by atoms with Crippen LogP contribution in [0, 0.1) is 0 Å². The first-order valence-corrected chi connectivity index (χ1v) is 9.56. The van der Waals surface area contributed by atoms with E-state index >= 15 is 0 Å². The van der Waals surface area contributed by atoms with Crippen LogP contribution in [0.4, 0.5) is 4.79 Å². The molecule has 2 amide bonds. The number of amides is 2. The highest BCUT2D eigenvalue weighted by Gasteiger charge is 2.29. The van der Waals surface area contributed by atoms with Crippen LogP contribution in [0.5, 0.6) is 5.75 Å². The number of urea groups is 1. The van der Waals surface area contributed by atoms with Crippen molar-refractivity contribution in [3.05, 3.63) is 63.6 Å². The summed E-state index contributed by atoms with van der Waals surface area (Å²) in [4.78, 5) is 12.3. The minimum atomic E-state index is -1.12. The average Bonchev–Trinajstić information content (AvgIpc) is 3.04. The van der Waals surface area contributed by atoms with E-state index in [1.165, 1.54) is 0 Å². The van der Waals surface area contributed by atoms with Crippen molar-refractivity contribution >= 4 is 22.0 Å². The molecule has 0 bridgehead atoms. The number of hydrogen-bond donors (Lipinski definition) is 4. The van der Waals surface area contributed by atoms with Gasteiger partial charge in [0, 0.05) is 4.47 Å². The van der Waals surface area contributed by atoms with Crippen LogP contribution in [-0.4, -0.2) is 22.8 Å². The summed E-state index contributed by atoms with van der Waals surface area (Å²) in [6, 6.07) is 12.4. The van der Waals surface area contributed by atoms with E-state index in [4.69, 9.17) is 0 Å². The molecule has 0 fully saturated rings. The number of carbonyl (C=O) groups excluding carboxylic acids is 1. The first-order valence-electron chi connectivity index (χ1n) is 8.76. The van der Waals surface area contributed by atoms with Gasteiger partial charge >= 0.3 is 6.03 Å². The van der Waals surface area contributed by atoms with Crippen molar-refractivity contribution in [3.8, 4) is 5.75 Å². The Kier molecular flexibility index (Phi) is 5.53. The van der Waals surface area contributed by atoms with Crippen LogP contribution < -0.4 is 10.6 Å². The Balaban J connectivity index is 1.62. The number of aromatic hydroxyl groups is 1. The van der Waals surface area contributed by atoms with Crippen LogP contribution in [0.2, 0.25) is 0 Å². The molecule has 5 nitrogen and oxygen atoms in total. The highest BCUT2D eigenvalue weighted by atomic mass is 79.9. The third-order valence-electron chi connectivity index (χ3n) is 5.06. The van der Waals surface area contributed by atoms with E-state index in [0.717, 1.165) is 34.0 Å². The third-order valence-corrected chi connectivity index (χ3v) is 5.59. The van der Waals surface area contributed by atoms with Gasteiger partial charge in [-0.3, -0.25) is 0 Å². The molecular formula is C20H23BrN2O3. The summed E-state index contributed by atoms with van der Waals surface area (Å²) in [6.07, 6.45) is 1.98. The Hall–Kier alpha value is -2.05. The third kappa shape index (κ3) is 3.86. The van der Waals surface area contributed by atoms with Gasteiger partial charge in [-0.25, -0.2) is 4.79 Å². The largest absolute Gasteiger partial charge is 0.508 e. The molecule has 0 spiro atoms. The fourth-order valence-corrected chi connectivity index (χ4v) is 3.68. The zero-order valence-electron chi connectivity index (χ0n) is 14.6. The molecule has 0 aliphatic heterocycles. The number of phenolic OH excluding ortho intramolecular Hbond substituents is 1. The van der Waals surface area contributed by atoms with Gasteiger partial charge in [-0.2, -0.15) is 0 Å². The average molecular weight is 419 g/mol. The van der Waals surface area contributed by atoms with Gasteiger partial charge in [-0.05, 0) is 54.2 Å². The number of fused-ring (bicyclic) bond motifs is 1. The number of hydrogen-bond acceptors (Lipinski definition) is 3. The quantitative estimate of drug-likeness (QED) is 0.596. The summed E-state index contributed by atoms with van der Waals surface area (Å²) in [5.74, 6) is 0.280. The van der Waals surface area contributed by atoms with Crippen LogP contribution in [0.1, 0.15) is 42.5 Å². The molecular weight excluding hydrogens is 396 g/mol. The molecule has 2 unspecified atom stereocenters. The van der Waals surface area contributed by atoms with Crippen LogP contribution >= 0.6 is 15.9 Å². The van der Waals surface area contributed by atoms with Gasteiger partial charge in [0.2, 0.25) is 0 Å². The SMILES string of the molecule is CCC(O)(CNC(=O)NC1CCc2c(O)cccc21)c1ccc(Br)cc1. The number of aliphatic hydroxyl groups is 1. The zero-order chi connectivity index (χ0) is 18.7. The van der Waals surface area contributed by atoms with Crippen molar-refractivity contribution in [3.63, 3.8) is 0 Å². The zero-order valence-corrected chi connectivity index (χ0v) is 16.2. The van der Waals surface area contributed by atoms with Crippen molar-refractivity contribution in [2.24, 2.45) is 0 Å². The number of rotatable bonds is 5. The lowest BCUT2D eigenvalue weighted by Crippen LogP contribution is -2.45. The molecule has 2 aromatic rings. The van der Waals surface area contributed by atoms with E-state index in [2.05, 4.69) is 26.6 Å². The van der Waals surface area contributed by atoms with Gasteiger partial charge in [0.1, 0.15) is 11.4 Å². The Labute approximate surface area is 161 Å². The Morgan fingerprint density at radius 1 is 1.27 bits per heavy atom. The topological polar surface area (TPSA) is 81.6 Å². The molecule has 0 saturated carbocycles. The first kappa shape index (κ1) is 18.7. The van der Waals surface area contributed by atoms with E-state index in [1.54, 1.807) is 12.1 Å². The maximum Gasteiger partial charge on any atom is 0.315 e. The standard InChI is InChI=1S/C20H23BrN2O3/c1-2-20(26,13-6-8-14(21)9-7-13)12-22-19(25)23-17-11-10-16-15(17)4-3-5-18(16)24/h3-9,17,24,26H,2,10-12H2,1H3,(H2,22,23,25). The number of halogens is 1. The van der Waals surface area contributed by atoms with Gasteiger partial charge in [0.25, 0.3) is 0 Å². The van der Waals surface area contributed by atoms with E-state index in [9.17, 15) is 15.0 Å². The van der Waals surface area contributed by atoms with Crippen LogP contribution in [0.15, 0.2) is 46.9 Å². The monoisotopic (exact) mass is 418 g/mol. The van der Waals surface area contributed by atoms with Crippen molar-refractivity contribution in [2.75, 3.05) is 6.54 Å². The fourth-order valence-electron chi connectivity index (χ4n) is 3.41. The maximum absolute atomic E-state index is 12.3. The molecule has 6 heteroatoms. The Morgan fingerprint density at radius 3 is 2.69 bits per heavy atom. The second-order valence-electron chi connectivity index (χ2n) is 6.66. The minimum absolute atomic E-state index is 0.122. The smallest absolute Gasteiger partial charge is 0.315 e. The van der Waals surface area contributed by atoms with Gasteiger partial charge in [-0.15, -0.1) is 0 Å². The highest BCUT2D eigenvalue weighted by Crippen LogP contribution is 2.36. The molecule has 1 aliphatic carbocycles. The summed E-state index contributed by atoms with van der Waals surface area (Å²) in [5.41, 5.74) is 1.50. The molecule has 0 radical (unpaired) electrons. The molecule has 26 heavy (non-hydrogen) atoms. The molecule has 2 aromatic carbocycles. The van der Waals surface area contributed by atoms with Crippen LogP contribution in [0.25, 0.3) is 0 Å². The lowest BCUT2D eigenvalue weighted by molar-refractivity contribution is 0.0350. The molecule has 4 N–H and O–H groups in total. The minimum Gasteiger partial charge on any atom is -0.508 e. The number of carbonyl (C=O) groups is 1. The van der Waals surface area contributed by atoms with E-state index in [0.29, 0.717) is 6.42 Å². The lowest BCUT2D eigenvalue weighted by Gasteiger charge is -2.28. The molecule has 1 aliphatic rings. The predicted octanol–water partition coefficient (Wildman–Crippen LogP) is 3.74. The van der Waals surface area contributed by atoms with Crippen molar-refractivity contribution in [1.82, 2.24) is 10.6 Å². The molecule has 138 valence electrons. The fraction of sp³-hybridized carbons (Fsp3) is 0.350. The van der Waals surface area contributed by atoms with Gasteiger partial charge in [-0.1, -0.05) is 47.1 Å². The van der Waals surface area contributed by atoms with Crippen LogP contribution in [-0.2, 0) is 12.0 Å². The molecule has 0 heterocycles.